The molecular weight excluding hydrogens is 480 g/mol. The third-order valence-corrected chi connectivity index (χ3v) is 6.54. The summed E-state index contributed by atoms with van der Waals surface area (Å²) in [7, 11) is 0. The number of amides is 2. The first kappa shape index (κ1) is 26.4. The van der Waals surface area contributed by atoms with Crippen LogP contribution in [0.4, 0.5) is 13.6 Å². The number of ether oxygens (including phenoxy) is 1. The van der Waals surface area contributed by atoms with Gasteiger partial charge in [-0.2, -0.15) is 5.10 Å². The van der Waals surface area contributed by atoms with Crippen LogP contribution in [0.15, 0.2) is 36.9 Å². The smallest absolute Gasteiger partial charge is 0.318 e. The van der Waals surface area contributed by atoms with E-state index >= 15 is 0 Å². The standard InChI is InChI=1S/C26H33F2N7O2/c1-5-34-18(3)19-13-21(17(2)29-14-19)22-15-35-23(30-16-31-35)24(33-22)37-12-8-6-7-9-20(32-25(34)36)10-11-26(4,27)28/h6-7,13-16,18,20H,5,8-12H2,1-4H3,(H,32,36)/b7-6+/t18-,20-/m1/s1. The molecule has 1 aliphatic rings. The molecule has 0 saturated carbocycles. The molecule has 2 amide bonds. The second-order valence-electron chi connectivity index (χ2n) is 9.42. The second-order valence-corrected chi connectivity index (χ2v) is 9.42. The number of aromatic nitrogens is 5. The fraction of sp³-hybridized carbons (Fsp3) is 0.500. The summed E-state index contributed by atoms with van der Waals surface area (Å²) in [4.78, 5) is 28.5. The largest absolute Gasteiger partial charge is 0.475 e. The molecule has 37 heavy (non-hydrogen) atoms. The Morgan fingerprint density at radius 2 is 2.08 bits per heavy atom. The van der Waals surface area contributed by atoms with Gasteiger partial charge in [0.1, 0.15) is 6.33 Å². The molecule has 1 aliphatic heterocycles. The van der Waals surface area contributed by atoms with Crippen LogP contribution in [0, 0.1) is 6.92 Å². The third kappa shape index (κ3) is 6.39. The normalized spacial score (nSPS) is 20.3. The first-order chi connectivity index (χ1) is 17.7. The number of nitrogens with one attached hydrogen (secondary N) is 1. The van der Waals surface area contributed by atoms with E-state index in [0.29, 0.717) is 43.2 Å². The summed E-state index contributed by atoms with van der Waals surface area (Å²) in [6, 6.07) is 0.924. The van der Waals surface area contributed by atoms with Gasteiger partial charge >= 0.3 is 6.03 Å². The molecule has 4 rings (SSSR count). The van der Waals surface area contributed by atoms with Gasteiger partial charge in [-0.15, -0.1) is 0 Å². The highest BCUT2D eigenvalue weighted by Crippen LogP contribution is 2.29. The van der Waals surface area contributed by atoms with Crippen molar-refractivity contribution >= 4 is 11.7 Å². The fourth-order valence-electron chi connectivity index (χ4n) is 4.37. The number of hydrogen-bond donors (Lipinski definition) is 1. The van der Waals surface area contributed by atoms with E-state index in [1.807, 2.05) is 39.0 Å². The van der Waals surface area contributed by atoms with Crippen LogP contribution in [0.3, 0.4) is 0 Å². The molecule has 4 heterocycles. The van der Waals surface area contributed by atoms with Gasteiger partial charge in [-0.3, -0.25) is 4.98 Å². The van der Waals surface area contributed by atoms with Crippen molar-refractivity contribution in [1.29, 1.82) is 0 Å². The quantitative estimate of drug-likeness (QED) is 0.487. The summed E-state index contributed by atoms with van der Waals surface area (Å²) >= 11 is 0. The van der Waals surface area contributed by atoms with Crippen molar-refractivity contribution in [2.45, 2.75) is 71.4 Å². The molecule has 0 aromatic carbocycles. The molecule has 0 spiro atoms. The summed E-state index contributed by atoms with van der Waals surface area (Å²) in [6.45, 7) is 7.38. The summed E-state index contributed by atoms with van der Waals surface area (Å²) in [5.41, 5.74) is 3.51. The van der Waals surface area contributed by atoms with E-state index in [2.05, 4.69) is 20.4 Å². The lowest BCUT2D eigenvalue weighted by atomic mass is 10.0. The van der Waals surface area contributed by atoms with Gasteiger partial charge in [-0.25, -0.2) is 28.1 Å². The number of aryl methyl sites for hydroxylation is 1. The first-order valence-electron chi connectivity index (χ1n) is 12.6. The van der Waals surface area contributed by atoms with Crippen molar-refractivity contribution in [3.8, 4) is 17.1 Å². The Morgan fingerprint density at radius 3 is 2.84 bits per heavy atom. The van der Waals surface area contributed by atoms with Crippen molar-refractivity contribution < 1.29 is 18.3 Å². The number of rotatable bonds is 4. The Morgan fingerprint density at radius 1 is 1.27 bits per heavy atom. The number of nitrogens with zero attached hydrogens (tertiary/aromatic N) is 6. The minimum Gasteiger partial charge on any atom is -0.475 e. The maximum atomic E-state index is 13.6. The molecule has 0 radical (unpaired) electrons. The predicted octanol–water partition coefficient (Wildman–Crippen LogP) is 5.12. The Balaban J connectivity index is 1.73. The maximum absolute atomic E-state index is 13.6. The van der Waals surface area contributed by atoms with E-state index in [1.54, 1.807) is 21.8 Å². The Labute approximate surface area is 215 Å². The molecule has 0 fully saturated rings. The number of carbonyl (C=O) groups excluding carboxylic acids is 1. The van der Waals surface area contributed by atoms with Gasteiger partial charge in [-0.1, -0.05) is 12.2 Å². The highest BCUT2D eigenvalue weighted by Gasteiger charge is 2.27. The lowest BCUT2D eigenvalue weighted by Gasteiger charge is -2.31. The molecular formula is C26H33F2N7O2. The van der Waals surface area contributed by atoms with Crippen LogP contribution in [-0.4, -0.2) is 60.6 Å². The van der Waals surface area contributed by atoms with Gasteiger partial charge in [0.2, 0.25) is 11.6 Å². The van der Waals surface area contributed by atoms with E-state index < -0.39 is 12.0 Å². The number of fused-ring (bicyclic) bond motifs is 7. The number of pyridine rings is 1. The van der Waals surface area contributed by atoms with E-state index in [4.69, 9.17) is 9.72 Å². The zero-order chi connectivity index (χ0) is 26.6. The fourth-order valence-corrected chi connectivity index (χ4v) is 4.37. The van der Waals surface area contributed by atoms with Crippen molar-refractivity contribution in [1.82, 2.24) is 34.8 Å². The molecule has 2 atom stereocenters. The summed E-state index contributed by atoms with van der Waals surface area (Å²) in [5.74, 6) is -2.44. The van der Waals surface area contributed by atoms with Crippen LogP contribution in [0.25, 0.3) is 16.9 Å². The second kappa shape index (κ2) is 11.2. The van der Waals surface area contributed by atoms with E-state index in [9.17, 15) is 13.6 Å². The van der Waals surface area contributed by atoms with Crippen LogP contribution in [-0.2, 0) is 0 Å². The summed E-state index contributed by atoms with van der Waals surface area (Å²) in [5, 5.41) is 7.24. The van der Waals surface area contributed by atoms with Crippen molar-refractivity contribution in [2.24, 2.45) is 0 Å². The van der Waals surface area contributed by atoms with Gasteiger partial charge in [-0.05, 0) is 58.6 Å². The molecule has 9 nitrogen and oxygen atoms in total. The van der Waals surface area contributed by atoms with Crippen molar-refractivity contribution in [2.75, 3.05) is 13.2 Å². The van der Waals surface area contributed by atoms with Gasteiger partial charge in [0.15, 0.2) is 0 Å². The van der Waals surface area contributed by atoms with E-state index in [-0.39, 0.29) is 24.9 Å². The molecule has 11 heteroatoms. The minimum atomic E-state index is -2.80. The predicted molar refractivity (Wildman–Crippen MR) is 136 cm³/mol. The highest BCUT2D eigenvalue weighted by atomic mass is 19.3. The van der Waals surface area contributed by atoms with E-state index in [1.165, 1.54) is 6.33 Å². The van der Waals surface area contributed by atoms with Crippen molar-refractivity contribution in [3.05, 3.63) is 48.2 Å². The average molecular weight is 514 g/mol. The average Bonchev–Trinajstić information content (AvgIpc) is 3.33. The minimum absolute atomic E-state index is 0.166. The molecule has 0 unspecified atom stereocenters. The molecule has 1 N–H and O–H groups in total. The number of hydrogen-bond acceptors (Lipinski definition) is 6. The van der Waals surface area contributed by atoms with Crippen LogP contribution >= 0.6 is 0 Å². The topological polar surface area (TPSA) is 97.5 Å². The molecule has 0 saturated heterocycles. The van der Waals surface area contributed by atoms with Crippen LogP contribution in [0.5, 0.6) is 5.88 Å². The zero-order valence-corrected chi connectivity index (χ0v) is 21.6. The molecule has 3 aromatic rings. The van der Waals surface area contributed by atoms with Crippen molar-refractivity contribution in [3.63, 3.8) is 0 Å². The first-order valence-corrected chi connectivity index (χ1v) is 12.6. The van der Waals surface area contributed by atoms with Crippen LogP contribution in [0.1, 0.15) is 63.8 Å². The number of carbonyl (C=O) groups is 1. The number of urea groups is 1. The zero-order valence-electron chi connectivity index (χ0n) is 21.6. The molecule has 3 aromatic heterocycles. The third-order valence-electron chi connectivity index (χ3n) is 6.54. The van der Waals surface area contributed by atoms with Crippen LogP contribution in [0.2, 0.25) is 0 Å². The Kier molecular flexibility index (Phi) is 7.99. The van der Waals surface area contributed by atoms with Crippen LogP contribution < -0.4 is 10.1 Å². The molecule has 4 bridgehead atoms. The SMILES string of the molecule is CCN1C(=O)N[C@@H](CCC(C)(F)F)C/C=C/CCOc2nc(cn3ncnc23)-c2cc(cnc2C)[C@H]1C. The number of halogens is 2. The highest BCUT2D eigenvalue weighted by molar-refractivity contribution is 5.75. The van der Waals surface area contributed by atoms with E-state index in [0.717, 1.165) is 23.7 Å². The van der Waals surface area contributed by atoms with Gasteiger partial charge < -0.3 is 15.0 Å². The maximum Gasteiger partial charge on any atom is 0.318 e. The molecule has 198 valence electrons. The Hall–Kier alpha value is -3.63. The molecule has 0 aliphatic carbocycles. The van der Waals surface area contributed by atoms with Gasteiger partial charge in [0.25, 0.3) is 5.88 Å². The van der Waals surface area contributed by atoms with Gasteiger partial charge in [0.05, 0.1) is 24.5 Å². The summed E-state index contributed by atoms with van der Waals surface area (Å²) in [6.07, 6.45) is 9.65. The number of alkyl halides is 2. The lowest BCUT2D eigenvalue weighted by Crippen LogP contribution is -2.46. The monoisotopic (exact) mass is 513 g/mol. The lowest BCUT2D eigenvalue weighted by molar-refractivity contribution is 0.00841. The summed E-state index contributed by atoms with van der Waals surface area (Å²) < 4.78 is 34.8. The Bertz CT molecular complexity index is 1270. The van der Waals surface area contributed by atoms with Gasteiger partial charge in [0, 0.05) is 36.5 Å².